The second-order valence-corrected chi connectivity index (χ2v) is 6.88. The largest absolute Gasteiger partial charge is 0.493 e. The summed E-state index contributed by atoms with van der Waals surface area (Å²) in [5.41, 5.74) is 2.14. The minimum absolute atomic E-state index is 0.0324. The molecule has 3 aromatic rings. The lowest BCUT2D eigenvalue weighted by Crippen LogP contribution is -2.19. The van der Waals surface area contributed by atoms with Crippen molar-refractivity contribution >= 4 is 29.1 Å². The van der Waals surface area contributed by atoms with Crippen LogP contribution in [-0.2, 0) is 6.18 Å². The smallest absolute Gasteiger partial charge is 0.419 e. The van der Waals surface area contributed by atoms with E-state index in [-0.39, 0.29) is 27.9 Å². The highest BCUT2D eigenvalue weighted by molar-refractivity contribution is 6.30. The summed E-state index contributed by atoms with van der Waals surface area (Å²) in [6.45, 7) is 0. The summed E-state index contributed by atoms with van der Waals surface area (Å²) in [6, 6.07) is 7.66. The van der Waals surface area contributed by atoms with Crippen LogP contribution in [0.3, 0.4) is 0 Å². The van der Waals surface area contributed by atoms with Gasteiger partial charge in [0.05, 0.1) is 12.7 Å². The van der Waals surface area contributed by atoms with Crippen molar-refractivity contribution in [1.82, 2.24) is 4.98 Å². The number of ether oxygens (including phenoxy) is 2. The molecular weight excluding hydrogens is 470 g/mol. The van der Waals surface area contributed by atoms with Gasteiger partial charge in [-0.3, -0.25) is 14.6 Å². The van der Waals surface area contributed by atoms with E-state index in [0.717, 1.165) is 18.3 Å². The number of nitrogens with two attached hydrogens (primary N) is 1. The van der Waals surface area contributed by atoms with Crippen molar-refractivity contribution in [2.75, 3.05) is 12.4 Å². The van der Waals surface area contributed by atoms with Gasteiger partial charge in [-0.2, -0.15) is 13.2 Å². The number of alkyl halides is 3. The van der Waals surface area contributed by atoms with Gasteiger partial charge in [-0.15, -0.1) is 0 Å². The van der Waals surface area contributed by atoms with Gasteiger partial charge in [0.1, 0.15) is 17.0 Å². The van der Waals surface area contributed by atoms with Crippen molar-refractivity contribution in [1.29, 1.82) is 0 Å². The highest BCUT2D eigenvalue weighted by Crippen LogP contribution is 2.39. The van der Waals surface area contributed by atoms with Crippen LogP contribution in [0.25, 0.3) is 0 Å². The molecule has 172 valence electrons. The number of methoxy groups -OCH3 is 1. The van der Waals surface area contributed by atoms with Gasteiger partial charge in [-0.05, 0) is 36.4 Å². The van der Waals surface area contributed by atoms with Crippen LogP contribution in [0.1, 0.15) is 26.4 Å². The first kappa shape index (κ1) is 23.8. The highest BCUT2D eigenvalue weighted by Gasteiger charge is 2.37. The fourth-order valence-corrected chi connectivity index (χ4v) is 2.92. The molecule has 0 aliphatic rings. The minimum Gasteiger partial charge on any atom is -0.493 e. The number of halogens is 5. The molecule has 3 rings (SSSR count). The Balaban J connectivity index is 2.08. The van der Waals surface area contributed by atoms with E-state index in [0.29, 0.717) is 6.07 Å². The second-order valence-electron chi connectivity index (χ2n) is 6.44. The summed E-state index contributed by atoms with van der Waals surface area (Å²) >= 11 is 5.88. The summed E-state index contributed by atoms with van der Waals surface area (Å²) in [7, 11) is 1.29. The molecule has 3 N–H and O–H groups in total. The average molecular weight is 484 g/mol. The molecule has 1 aromatic heterocycles. The van der Waals surface area contributed by atoms with Crippen LogP contribution in [-0.4, -0.2) is 23.9 Å². The van der Waals surface area contributed by atoms with Crippen molar-refractivity contribution < 1.29 is 36.6 Å². The molecule has 2 amide bonds. The van der Waals surface area contributed by atoms with Crippen LogP contribution in [0.15, 0.2) is 48.7 Å². The first-order valence-electron chi connectivity index (χ1n) is 8.99. The van der Waals surface area contributed by atoms with Gasteiger partial charge in [0, 0.05) is 23.0 Å². The standard InChI is InChI=1S/C21H14ClF4N3O4/c1-32-16-8-10(22)2-4-14(16)33-15-5-3-12(21(24,25)26)18(23)17(15)20(31)29-11-6-7-28-13(9-11)19(27)30/h2-9H,1H3,(H2,27,30)(H,28,29,31). The maximum atomic E-state index is 14.9. The number of primary amides is 1. The topological polar surface area (TPSA) is 104 Å². The van der Waals surface area contributed by atoms with E-state index in [9.17, 15) is 27.2 Å². The molecule has 2 aromatic carbocycles. The van der Waals surface area contributed by atoms with Crippen LogP contribution in [0.5, 0.6) is 17.2 Å². The van der Waals surface area contributed by atoms with Gasteiger partial charge < -0.3 is 20.5 Å². The molecule has 0 unspecified atom stereocenters. The van der Waals surface area contributed by atoms with E-state index in [1.165, 1.54) is 31.4 Å². The minimum atomic E-state index is -5.08. The van der Waals surface area contributed by atoms with Gasteiger partial charge in [0.25, 0.3) is 11.8 Å². The molecule has 0 aliphatic carbocycles. The molecule has 0 bridgehead atoms. The Labute approximate surface area is 189 Å². The van der Waals surface area contributed by atoms with Gasteiger partial charge in [0.15, 0.2) is 17.3 Å². The van der Waals surface area contributed by atoms with Crippen molar-refractivity contribution in [2.45, 2.75) is 6.18 Å². The van der Waals surface area contributed by atoms with Crippen molar-refractivity contribution in [3.05, 3.63) is 76.3 Å². The molecule has 33 heavy (non-hydrogen) atoms. The quantitative estimate of drug-likeness (QED) is 0.478. The molecule has 0 spiro atoms. The molecular formula is C21H14ClF4N3O4. The average Bonchev–Trinajstić information content (AvgIpc) is 2.74. The second kappa shape index (κ2) is 9.33. The SMILES string of the molecule is COc1cc(Cl)ccc1Oc1ccc(C(F)(F)F)c(F)c1C(=O)Nc1ccnc(C(N)=O)c1. The van der Waals surface area contributed by atoms with E-state index >= 15 is 0 Å². The third-order valence-electron chi connectivity index (χ3n) is 4.25. The number of nitrogens with one attached hydrogen (secondary N) is 1. The number of benzene rings is 2. The van der Waals surface area contributed by atoms with Gasteiger partial charge in [-0.25, -0.2) is 4.39 Å². The highest BCUT2D eigenvalue weighted by atomic mass is 35.5. The molecule has 0 saturated heterocycles. The molecule has 1 heterocycles. The first-order valence-corrected chi connectivity index (χ1v) is 9.37. The lowest BCUT2D eigenvalue weighted by Gasteiger charge is -2.17. The van der Waals surface area contributed by atoms with E-state index in [4.69, 9.17) is 26.8 Å². The fraction of sp³-hybridized carbons (Fsp3) is 0.0952. The number of nitrogens with zero attached hydrogens (tertiary/aromatic N) is 1. The molecule has 12 heteroatoms. The predicted octanol–water partition coefficient (Wildman–Crippen LogP) is 5.05. The van der Waals surface area contributed by atoms with Crippen molar-refractivity contribution in [3.8, 4) is 17.2 Å². The third kappa shape index (κ3) is 5.32. The van der Waals surface area contributed by atoms with Crippen LogP contribution in [0, 0.1) is 5.82 Å². The van der Waals surface area contributed by atoms with Crippen molar-refractivity contribution in [3.63, 3.8) is 0 Å². The molecule has 0 atom stereocenters. The van der Waals surface area contributed by atoms with E-state index in [1.54, 1.807) is 0 Å². The number of hydrogen-bond donors (Lipinski definition) is 2. The van der Waals surface area contributed by atoms with Crippen LogP contribution in [0.2, 0.25) is 5.02 Å². The summed E-state index contributed by atoms with van der Waals surface area (Å²) in [5, 5.41) is 2.49. The van der Waals surface area contributed by atoms with Crippen LogP contribution >= 0.6 is 11.6 Å². The Morgan fingerprint density at radius 1 is 1.06 bits per heavy atom. The maximum Gasteiger partial charge on any atom is 0.419 e. The maximum absolute atomic E-state index is 14.9. The van der Waals surface area contributed by atoms with Gasteiger partial charge in [-0.1, -0.05) is 11.6 Å². The number of carbonyl (C=O) groups excluding carboxylic acids is 2. The Bertz CT molecular complexity index is 1230. The number of pyridine rings is 1. The summed E-state index contributed by atoms with van der Waals surface area (Å²) < 4.78 is 65.4. The summed E-state index contributed by atoms with van der Waals surface area (Å²) in [4.78, 5) is 27.8. The number of hydrogen-bond acceptors (Lipinski definition) is 5. The normalized spacial score (nSPS) is 11.1. The monoisotopic (exact) mass is 483 g/mol. The zero-order valence-corrected chi connectivity index (χ0v) is 17.4. The van der Waals surface area contributed by atoms with Crippen molar-refractivity contribution in [2.24, 2.45) is 5.73 Å². The number of carbonyl (C=O) groups is 2. The number of aromatic nitrogens is 1. The first-order chi connectivity index (χ1) is 15.5. The lowest BCUT2D eigenvalue weighted by atomic mass is 10.1. The lowest BCUT2D eigenvalue weighted by molar-refractivity contribution is -0.140. The molecule has 7 nitrogen and oxygen atoms in total. The fourth-order valence-electron chi connectivity index (χ4n) is 2.75. The van der Waals surface area contributed by atoms with E-state index < -0.39 is 40.7 Å². The summed E-state index contributed by atoms with van der Waals surface area (Å²) in [5.74, 6) is -4.50. The molecule has 0 aliphatic heterocycles. The van der Waals surface area contributed by atoms with Gasteiger partial charge >= 0.3 is 6.18 Å². The molecule has 0 radical (unpaired) electrons. The third-order valence-corrected chi connectivity index (χ3v) is 4.49. The van der Waals surface area contributed by atoms with E-state index in [2.05, 4.69) is 10.3 Å². The zero-order chi connectivity index (χ0) is 24.3. The molecule has 0 fully saturated rings. The number of anilines is 1. The Morgan fingerprint density at radius 3 is 2.39 bits per heavy atom. The zero-order valence-electron chi connectivity index (χ0n) is 16.7. The van der Waals surface area contributed by atoms with Crippen LogP contribution < -0.4 is 20.5 Å². The Hall–Kier alpha value is -3.86. The number of amides is 2. The predicted molar refractivity (Wildman–Crippen MR) is 110 cm³/mol. The van der Waals surface area contributed by atoms with E-state index in [1.807, 2.05) is 0 Å². The molecule has 0 saturated carbocycles. The Kier molecular flexibility index (Phi) is 6.73. The van der Waals surface area contributed by atoms with Crippen LogP contribution in [0.4, 0.5) is 23.2 Å². The summed E-state index contributed by atoms with van der Waals surface area (Å²) in [6.07, 6.45) is -3.94. The Morgan fingerprint density at radius 2 is 1.76 bits per heavy atom. The number of rotatable bonds is 6. The van der Waals surface area contributed by atoms with Gasteiger partial charge in [0.2, 0.25) is 0 Å².